The monoisotopic (exact) mass is 235 g/mol. The average molecular weight is 235 g/mol. The summed E-state index contributed by atoms with van der Waals surface area (Å²) in [6.45, 7) is 5.80. The Morgan fingerprint density at radius 2 is 1.06 bits per heavy atom. The zero-order chi connectivity index (χ0) is 12.6. The second kappa shape index (κ2) is 15.6. The van der Waals surface area contributed by atoms with Crippen molar-refractivity contribution in [3.05, 3.63) is 6.92 Å². The molecule has 99 valence electrons. The Labute approximate surface area is 110 Å². The summed E-state index contributed by atoms with van der Waals surface area (Å²) >= 11 is 0. The van der Waals surface area contributed by atoms with Crippen LogP contribution in [0.1, 0.15) is 90.4 Å². The SMILES string of the molecule is [CH2]C#CCCCCCCCCCCCCCC. The highest BCUT2D eigenvalue weighted by Crippen LogP contribution is 2.12. The van der Waals surface area contributed by atoms with E-state index in [1.807, 2.05) is 0 Å². The number of hydrogen-bond donors (Lipinski definition) is 0. The normalized spacial score (nSPS) is 10.0. The Morgan fingerprint density at radius 1 is 0.647 bits per heavy atom. The summed E-state index contributed by atoms with van der Waals surface area (Å²) in [7, 11) is 0. The molecule has 0 unspecified atom stereocenters. The molecule has 17 heavy (non-hydrogen) atoms. The van der Waals surface area contributed by atoms with Crippen LogP contribution in [0, 0.1) is 18.8 Å². The van der Waals surface area contributed by atoms with Gasteiger partial charge < -0.3 is 0 Å². The zero-order valence-corrected chi connectivity index (χ0v) is 11.9. The summed E-state index contributed by atoms with van der Waals surface area (Å²) in [6, 6.07) is 0. The summed E-state index contributed by atoms with van der Waals surface area (Å²) in [5, 5.41) is 0. The van der Waals surface area contributed by atoms with Gasteiger partial charge in [0, 0.05) is 13.3 Å². The van der Waals surface area contributed by atoms with Crippen molar-refractivity contribution in [1.82, 2.24) is 0 Å². The summed E-state index contributed by atoms with van der Waals surface area (Å²) in [6.07, 6.45) is 18.0. The largest absolute Gasteiger partial charge is 0.103 e. The van der Waals surface area contributed by atoms with E-state index in [2.05, 4.69) is 25.7 Å². The van der Waals surface area contributed by atoms with Crippen LogP contribution in [-0.4, -0.2) is 0 Å². The van der Waals surface area contributed by atoms with E-state index < -0.39 is 0 Å². The van der Waals surface area contributed by atoms with Crippen LogP contribution < -0.4 is 0 Å². The van der Waals surface area contributed by atoms with Gasteiger partial charge in [-0.1, -0.05) is 77.6 Å². The van der Waals surface area contributed by atoms with Crippen LogP contribution in [-0.2, 0) is 0 Å². The second-order valence-electron chi connectivity index (χ2n) is 4.99. The molecule has 0 heterocycles. The molecular formula is C17H31. The Kier molecular flexibility index (Phi) is 15.2. The molecule has 0 atom stereocenters. The van der Waals surface area contributed by atoms with Gasteiger partial charge in [0.2, 0.25) is 0 Å². The van der Waals surface area contributed by atoms with E-state index in [1.54, 1.807) is 0 Å². The highest BCUT2D eigenvalue weighted by atomic mass is 14.0. The number of hydrogen-bond acceptors (Lipinski definition) is 0. The highest BCUT2D eigenvalue weighted by molar-refractivity contribution is 5.00. The van der Waals surface area contributed by atoms with Gasteiger partial charge in [-0.3, -0.25) is 0 Å². The van der Waals surface area contributed by atoms with Crippen molar-refractivity contribution in [2.45, 2.75) is 90.4 Å². The molecular weight excluding hydrogens is 204 g/mol. The lowest BCUT2D eigenvalue weighted by molar-refractivity contribution is 0.545. The van der Waals surface area contributed by atoms with Crippen LogP contribution in [0.3, 0.4) is 0 Å². The van der Waals surface area contributed by atoms with Gasteiger partial charge in [0.25, 0.3) is 0 Å². The van der Waals surface area contributed by atoms with Crippen LogP contribution in [0.4, 0.5) is 0 Å². The molecule has 0 bridgehead atoms. The van der Waals surface area contributed by atoms with Crippen LogP contribution in [0.15, 0.2) is 0 Å². The van der Waals surface area contributed by atoms with E-state index in [4.69, 9.17) is 0 Å². The minimum absolute atomic E-state index is 1.04. The summed E-state index contributed by atoms with van der Waals surface area (Å²) in [5.74, 6) is 5.73. The van der Waals surface area contributed by atoms with E-state index >= 15 is 0 Å². The molecule has 0 amide bonds. The Hall–Kier alpha value is -0.440. The van der Waals surface area contributed by atoms with Crippen molar-refractivity contribution in [2.75, 3.05) is 0 Å². The maximum atomic E-state index is 3.52. The lowest BCUT2D eigenvalue weighted by Gasteiger charge is -2.01. The number of unbranched alkanes of at least 4 members (excludes halogenated alkanes) is 12. The molecule has 0 nitrogen and oxygen atoms in total. The molecule has 0 aliphatic heterocycles. The Morgan fingerprint density at radius 3 is 1.47 bits per heavy atom. The maximum Gasteiger partial charge on any atom is 0.0198 e. The molecule has 0 aromatic rings. The van der Waals surface area contributed by atoms with Gasteiger partial charge >= 0.3 is 0 Å². The summed E-state index contributed by atoms with van der Waals surface area (Å²) < 4.78 is 0. The van der Waals surface area contributed by atoms with Crippen LogP contribution in [0.25, 0.3) is 0 Å². The van der Waals surface area contributed by atoms with Crippen molar-refractivity contribution >= 4 is 0 Å². The standard InChI is InChI=1S/C17H31/c1-3-5-7-9-11-13-15-17-16-14-12-10-8-6-4-2/h1,4,6-17H2,2H3. The van der Waals surface area contributed by atoms with E-state index in [0.717, 1.165) is 6.42 Å². The molecule has 0 fully saturated rings. The van der Waals surface area contributed by atoms with E-state index in [-0.39, 0.29) is 0 Å². The fourth-order valence-corrected chi connectivity index (χ4v) is 2.14. The van der Waals surface area contributed by atoms with Crippen molar-refractivity contribution in [3.63, 3.8) is 0 Å². The molecule has 0 aliphatic rings. The van der Waals surface area contributed by atoms with Gasteiger partial charge in [0.1, 0.15) is 0 Å². The average Bonchev–Trinajstić information content (AvgIpc) is 2.35. The highest BCUT2D eigenvalue weighted by Gasteiger charge is 1.92. The Balaban J connectivity index is 2.91. The quantitative estimate of drug-likeness (QED) is 0.291. The van der Waals surface area contributed by atoms with Gasteiger partial charge in [0.05, 0.1) is 0 Å². The third-order valence-electron chi connectivity index (χ3n) is 3.28. The third-order valence-corrected chi connectivity index (χ3v) is 3.28. The fraction of sp³-hybridized carbons (Fsp3) is 0.824. The lowest BCUT2D eigenvalue weighted by atomic mass is 10.0. The summed E-state index contributed by atoms with van der Waals surface area (Å²) in [5.41, 5.74) is 0. The first kappa shape index (κ1) is 16.6. The minimum atomic E-state index is 1.04. The molecule has 0 heteroatoms. The van der Waals surface area contributed by atoms with Crippen molar-refractivity contribution < 1.29 is 0 Å². The third kappa shape index (κ3) is 15.6. The molecule has 0 aliphatic carbocycles. The first-order chi connectivity index (χ1) is 8.41. The molecule has 0 spiro atoms. The second-order valence-corrected chi connectivity index (χ2v) is 4.99. The molecule has 1 radical (unpaired) electrons. The first-order valence-corrected chi connectivity index (χ1v) is 7.66. The van der Waals surface area contributed by atoms with E-state index in [0.29, 0.717) is 0 Å². The van der Waals surface area contributed by atoms with Crippen LogP contribution in [0.2, 0.25) is 0 Å². The fourth-order valence-electron chi connectivity index (χ4n) is 2.14. The minimum Gasteiger partial charge on any atom is -0.103 e. The zero-order valence-electron chi connectivity index (χ0n) is 11.9. The van der Waals surface area contributed by atoms with Crippen molar-refractivity contribution in [2.24, 2.45) is 0 Å². The summed E-state index contributed by atoms with van der Waals surface area (Å²) in [4.78, 5) is 0. The van der Waals surface area contributed by atoms with Crippen LogP contribution >= 0.6 is 0 Å². The number of rotatable bonds is 12. The topological polar surface area (TPSA) is 0 Å². The predicted molar refractivity (Wildman–Crippen MR) is 78.8 cm³/mol. The Bertz CT molecular complexity index is 182. The van der Waals surface area contributed by atoms with Crippen LogP contribution in [0.5, 0.6) is 0 Å². The molecule has 0 N–H and O–H groups in total. The molecule has 0 rings (SSSR count). The van der Waals surface area contributed by atoms with Gasteiger partial charge in [-0.05, 0) is 6.42 Å². The first-order valence-electron chi connectivity index (χ1n) is 7.66. The molecule has 0 aromatic heterocycles. The van der Waals surface area contributed by atoms with Gasteiger partial charge in [-0.15, -0.1) is 11.8 Å². The van der Waals surface area contributed by atoms with Gasteiger partial charge in [-0.2, -0.15) is 0 Å². The van der Waals surface area contributed by atoms with Gasteiger partial charge in [0.15, 0.2) is 0 Å². The molecule has 0 saturated carbocycles. The smallest absolute Gasteiger partial charge is 0.0198 e. The van der Waals surface area contributed by atoms with E-state index in [9.17, 15) is 0 Å². The van der Waals surface area contributed by atoms with E-state index in [1.165, 1.54) is 77.0 Å². The predicted octanol–water partition coefficient (Wildman–Crippen LogP) is 5.92. The van der Waals surface area contributed by atoms with Gasteiger partial charge in [-0.25, -0.2) is 0 Å². The van der Waals surface area contributed by atoms with Crippen molar-refractivity contribution in [3.8, 4) is 11.8 Å². The van der Waals surface area contributed by atoms with Crippen molar-refractivity contribution in [1.29, 1.82) is 0 Å². The molecule has 0 saturated heterocycles. The maximum absolute atomic E-state index is 3.52. The lowest BCUT2D eigenvalue weighted by Crippen LogP contribution is -1.82. The molecule has 0 aromatic carbocycles.